The Labute approximate surface area is 374 Å². The molecule has 0 radical (unpaired) electrons. The number of carbonyl (C=O) groups excluding carboxylic acids is 5. The molecule has 5 amide bonds. The highest BCUT2D eigenvalue weighted by molar-refractivity contribution is 5.89. The Morgan fingerprint density at radius 1 is 0.636 bits per heavy atom. The fourth-order valence-electron chi connectivity index (χ4n) is 7.26. The Bertz CT molecular complexity index is 2250. The van der Waals surface area contributed by atoms with Crippen LogP contribution in [-0.4, -0.2) is 94.2 Å². The van der Waals surface area contributed by atoms with E-state index < -0.39 is 120 Å². The van der Waals surface area contributed by atoms with Gasteiger partial charge < -0.3 is 46.6 Å². The Hall–Kier alpha value is -6.87. The van der Waals surface area contributed by atoms with Crippen molar-refractivity contribution in [1.29, 1.82) is 0 Å². The lowest BCUT2D eigenvalue weighted by Crippen LogP contribution is -2.51. The van der Waals surface area contributed by atoms with Crippen molar-refractivity contribution in [2.24, 2.45) is 11.8 Å². The van der Waals surface area contributed by atoms with E-state index in [9.17, 15) is 70.5 Å². The monoisotopic (exact) mass is 935 g/mol. The largest absolute Gasteiger partial charge is 0.481 e. The van der Waals surface area contributed by atoms with Crippen molar-refractivity contribution in [3.8, 4) is 5.75 Å². The number of halogens is 5. The van der Waals surface area contributed by atoms with Crippen LogP contribution in [0, 0.1) is 40.9 Å². The van der Waals surface area contributed by atoms with Gasteiger partial charge in [-0.2, -0.15) is 8.78 Å². The van der Waals surface area contributed by atoms with Gasteiger partial charge in [-0.25, -0.2) is 27.6 Å². The zero-order valence-corrected chi connectivity index (χ0v) is 35.4. The van der Waals surface area contributed by atoms with Crippen molar-refractivity contribution in [1.82, 2.24) is 26.6 Å². The maximum absolute atomic E-state index is 13.8. The summed E-state index contributed by atoms with van der Waals surface area (Å²) in [5, 5.41) is 42.2. The van der Waals surface area contributed by atoms with Crippen LogP contribution in [0.5, 0.6) is 5.75 Å². The van der Waals surface area contributed by atoms with Crippen molar-refractivity contribution in [3.05, 3.63) is 77.1 Å². The molecule has 1 aliphatic rings. The van der Waals surface area contributed by atoms with Gasteiger partial charge in [-0.05, 0) is 80.0 Å². The summed E-state index contributed by atoms with van der Waals surface area (Å²) in [5.74, 6) is -20.5. The lowest BCUT2D eigenvalue weighted by molar-refractivity contribution is -0.141. The van der Waals surface area contributed by atoms with E-state index >= 15 is 0 Å². The van der Waals surface area contributed by atoms with Crippen molar-refractivity contribution < 1.29 is 80.4 Å². The van der Waals surface area contributed by atoms with Crippen LogP contribution in [0.1, 0.15) is 82.6 Å². The van der Waals surface area contributed by atoms with Crippen LogP contribution in [0.25, 0.3) is 10.8 Å². The molecule has 0 heterocycles. The molecule has 0 saturated heterocycles. The zero-order valence-electron chi connectivity index (χ0n) is 35.4. The van der Waals surface area contributed by atoms with Crippen molar-refractivity contribution >= 4 is 58.4 Å². The standard InChI is InChI=1S/C44H50F5N5O12/c45-34-35(46)37(48)39(38(49)36(34)47)66-33(58)10-5-9-31(55)51-22-23-11-15-26(16-12-23)40(59)52-30(21-24-13-14-25-6-1-2-7-27(25)20-24)41(60)50-19-4-3-8-28(42(61)62)53-44(65)54-29(43(63)64)17-18-32(56)57/h1-2,6-7,13-14,20,23,26,28-30H,3-5,8-12,15-19,21-22H2,(H,50,60)(H,51,55)(H,52,59)(H,56,57)(H,61,62)(H,63,64)(H2,53,54,65)/t23?,26?,28-,29-,30-/m0/s1. The van der Waals surface area contributed by atoms with Crippen LogP contribution in [0.15, 0.2) is 42.5 Å². The number of amides is 5. The summed E-state index contributed by atoms with van der Waals surface area (Å²) in [6.07, 6.45) is 0.619. The molecule has 0 spiro atoms. The third-order valence-electron chi connectivity index (χ3n) is 10.9. The van der Waals surface area contributed by atoms with Gasteiger partial charge in [-0.3, -0.25) is 24.0 Å². The molecule has 22 heteroatoms. The number of esters is 1. The molecule has 1 saturated carbocycles. The molecule has 3 aromatic carbocycles. The fraction of sp³-hybridized carbons (Fsp3) is 0.455. The van der Waals surface area contributed by atoms with E-state index in [1.54, 1.807) is 0 Å². The van der Waals surface area contributed by atoms with E-state index in [4.69, 9.17) is 5.11 Å². The molecule has 1 aliphatic carbocycles. The number of carbonyl (C=O) groups is 8. The normalized spacial score (nSPS) is 16.0. The Kier molecular flexibility index (Phi) is 19.6. The van der Waals surface area contributed by atoms with Gasteiger partial charge in [0.05, 0.1) is 0 Å². The molecule has 3 atom stereocenters. The van der Waals surface area contributed by atoms with Gasteiger partial charge in [0, 0.05) is 44.7 Å². The second-order valence-corrected chi connectivity index (χ2v) is 15.8. The highest BCUT2D eigenvalue weighted by atomic mass is 19.2. The molecule has 1 fully saturated rings. The summed E-state index contributed by atoms with van der Waals surface area (Å²) >= 11 is 0. The van der Waals surface area contributed by atoms with Crippen LogP contribution >= 0.6 is 0 Å². The maximum atomic E-state index is 13.8. The van der Waals surface area contributed by atoms with Gasteiger partial charge >= 0.3 is 29.9 Å². The second-order valence-electron chi connectivity index (χ2n) is 15.8. The van der Waals surface area contributed by atoms with Gasteiger partial charge in [0.25, 0.3) is 0 Å². The predicted octanol–water partition coefficient (Wildman–Crippen LogP) is 4.62. The minimum Gasteiger partial charge on any atom is -0.481 e. The zero-order chi connectivity index (χ0) is 48.5. The van der Waals surface area contributed by atoms with Crippen LogP contribution in [0.4, 0.5) is 26.7 Å². The van der Waals surface area contributed by atoms with E-state index in [-0.39, 0.29) is 63.4 Å². The average molecular weight is 936 g/mol. The molecule has 0 bridgehead atoms. The minimum atomic E-state index is -2.41. The van der Waals surface area contributed by atoms with Gasteiger partial charge in [-0.1, -0.05) is 42.5 Å². The quantitative estimate of drug-likeness (QED) is 0.0153. The number of nitrogens with one attached hydrogen (secondary N) is 5. The van der Waals surface area contributed by atoms with Crippen molar-refractivity contribution in [2.45, 2.75) is 102 Å². The number of hydrogen-bond donors (Lipinski definition) is 8. The SMILES string of the molecule is O=C(O)CC[C@H](NC(=O)N[C@@H](CCCCNC(=O)[C@H](Cc1ccc2ccccc2c1)NC(=O)C1CCC(CNC(=O)CCCC(=O)Oc2c(F)c(F)c(F)c(F)c2F)CC1)C(=O)O)C(=O)O. The smallest absolute Gasteiger partial charge is 0.326 e. The summed E-state index contributed by atoms with van der Waals surface area (Å²) in [4.78, 5) is 98.0. The summed E-state index contributed by atoms with van der Waals surface area (Å²) in [5.41, 5.74) is 0.772. The highest BCUT2D eigenvalue weighted by Crippen LogP contribution is 2.30. The Balaban J connectivity index is 1.23. The van der Waals surface area contributed by atoms with Crippen molar-refractivity contribution in [2.75, 3.05) is 13.1 Å². The van der Waals surface area contributed by atoms with Crippen LogP contribution in [0.3, 0.4) is 0 Å². The highest BCUT2D eigenvalue weighted by Gasteiger charge is 2.31. The topological polar surface area (TPSA) is 267 Å². The van der Waals surface area contributed by atoms with E-state index in [0.29, 0.717) is 25.7 Å². The maximum Gasteiger partial charge on any atom is 0.326 e. The number of ether oxygens (including phenoxy) is 1. The lowest BCUT2D eigenvalue weighted by atomic mass is 9.81. The van der Waals surface area contributed by atoms with E-state index in [1.165, 1.54) is 0 Å². The first kappa shape index (κ1) is 51.8. The number of fused-ring (bicyclic) bond motifs is 1. The number of rotatable bonds is 24. The number of unbranched alkanes of at least 4 members (excludes halogenated alkanes) is 1. The summed E-state index contributed by atoms with van der Waals surface area (Å²) < 4.78 is 72.0. The molecular formula is C44H50F5N5O12. The first-order valence-electron chi connectivity index (χ1n) is 21.1. The first-order valence-corrected chi connectivity index (χ1v) is 21.1. The second kappa shape index (κ2) is 25.0. The van der Waals surface area contributed by atoms with Crippen LogP contribution < -0.4 is 31.3 Å². The van der Waals surface area contributed by atoms with Gasteiger partial charge in [0.1, 0.15) is 18.1 Å². The Morgan fingerprint density at radius 3 is 1.86 bits per heavy atom. The molecule has 358 valence electrons. The molecule has 4 rings (SSSR count). The third-order valence-corrected chi connectivity index (χ3v) is 10.9. The van der Waals surface area contributed by atoms with E-state index in [2.05, 4.69) is 31.3 Å². The van der Waals surface area contributed by atoms with Gasteiger partial charge in [-0.15, -0.1) is 0 Å². The molecule has 0 aliphatic heterocycles. The number of urea groups is 1. The number of carboxylic acids is 3. The molecule has 3 aromatic rings. The molecule has 66 heavy (non-hydrogen) atoms. The molecular weight excluding hydrogens is 885 g/mol. The predicted molar refractivity (Wildman–Crippen MR) is 222 cm³/mol. The Morgan fingerprint density at radius 2 is 1.24 bits per heavy atom. The lowest BCUT2D eigenvalue weighted by Gasteiger charge is -2.29. The average Bonchev–Trinajstić information content (AvgIpc) is 3.28. The fourth-order valence-corrected chi connectivity index (χ4v) is 7.26. The number of hydrogen-bond acceptors (Lipinski definition) is 9. The van der Waals surface area contributed by atoms with E-state index in [0.717, 1.165) is 16.3 Å². The summed E-state index contributed by atoms with van der Waals surface area (Å²) in [7, 11) is 0. The number of aliphatic carboxylic acids is 3. The summed E-state index contributed by atoms with van der Waals surface area (Å²) in [6.45, 7) is 0.322. The van der Waals surface area contributed by atoms with Gasteiger partial charge in [0.2, 0.25) is 52.6 Å². The van der Waals surface area contributed by atoms with Crippen LogP contribution in [-0.2, 0) is 40.0 Å². The third kappa shape index (κ3) is 15.7. The van der Waals surface area contributed by atoms with Crippen molar-refractivity contribution in [3.63, 3.8) is 0 Å². The van der Waals surface area contributed by atoms with Crippen LogP contribution in [0.2, 0.25) is 0 Å². The minimum absolute atomic E-state index is 0.00957. The molecule has 17 nitrogen and oxygen atoms in total. The molecule has 0 unspecified atom stereocenters. The number of carboxylic acid groups (broad SMARTS) is 3. The van der Waals surface area contributed by atoms with E-state index in [1.807, 2.05) is 42.5 Å². The summed E-state index contributed by atoms with van der Waals surface area (Å²) in [6, 6.07) is 8.16. The molecule has 0 aromatic heterocycles. The molecule has 8 N–H and O–H groups in total. The number of benzene rings is 3. The van der Waals surface area contributed by atoms with Gasteiger partial charge in [0.15, 0.2) is 0 Å². The first-order chi connectivity index (χ1) is 31.3.